The summed E-state index contributed by atoms with van der Waals surface area (Å²) in [6.45, 7) is 3.79. The first-order valence-corrected chi connectivity index (χ1v) is 5.66. The third-order valence-electron chi connectivity index (χ3n) is 1.51. The van der Waals surface area contributed by atoms with E-state index in [0.717, 1.165) is 6.42 Å². The van der Waals surface area contributed by atoms with E-state index in [1.54, 1.807) is 6.92 Å². The first-order chi connectivity index (χ1) is 5.99. The van der Waals surface area contributed by atoms with Gasteiger partial charge in [-0.3, -0.25) is 4.55 Å². The molecule has 0 rings (SSSR count). The molecule has 0 amide bonds. The molecule has 1 N–H and O–H groups in total. The maximum Gasteiger partial charge on any atom is 0.397 e. The molecule has 0 fully saturated rings. The van der Waals surface area contributed by atoms with E-state index in [1.807, 2.05) is 19.1 Å². The maximum atomic E-state index is 10.3. The fraction of sp³-hybridized carbons (Fsp3) is 0.750. The van der Waals surface area contributed by atoms with Gasteiger partial charge in [0.1, 0.15) is 0 Å². The van der Waals surface area contributed by atoms with E-state index in [-0.39, 0.29) is 29.6 Å². The van der Waals surface area contributed by atoms with Crippen molar-refractivity contribution in [2.45, 2.75) is 39.2 Å². The minimum absolute atomic E-state index is 0. The second-order valence-electron chi connectivity index (χ2n) is 2.67. The Labute approximate surface area is 108 Å². The summed E-state index contributed by atoms with van der Waals surface area (Å²) in [5, 5.41) is 0. The van der Waals surface area contributed by atoms with E-state index in [1.165, 1.54) is 0 Å². The molecule has 0 aromatic carbocycles. The Balaban J connectivity index is 0. The number of hydrogen-bond donors (Lipinski definition) is 1. The Morgan fingerprint density at radius 2 is 1.93 bits per heavy atom. The molecule has 0 aromatic heterocycles. The Bertz CT molecular complexity index is 248. The first kappa shape index (κ1) is 17.0. The van der Waals surface area contributed by atoms with Gasteiger partial charge in [-0.25, -0.2) is 4.18 Å². The molecule has 4 nitrogen and oxygen atoms in total. The molecule has 0 aliphatic carbocycles. The van der Waals surface area contributed by atoms with E-state index in [0.29, 0.717) is 12.8 Å². The molecule has 0 heterocycles. The number of rotatable bonds is 6. The van der Waals surface area contributed by atoms with Crippen molar-refractivity contribution >= 4 is 40.0 Å². The van der Waals surface area contributed by atoms with Gasteiger partial charge in [0.15, 0.2) is 0 Å². The van der Waals surface area contributed by atoms with Crippen LogP contribution in [0.5, 0.6) is 0 Å². The predicted octanol–water partition coefficient (Wildman–Crippen LogP) is 1.56. The molecule has 0 bridgehead atoms. The second-order valence-corrected chi connectivity index (χ2v) is 3.72. The predicted molar refractivity (Wildman–Crippen MR) is 56.5 cm³/mol. The zero-order chi connectivity index (χ0) is 10.3. The fourth-order valence-electron chi connectivity index (χ4n) is 0.861. The quantitative estimate of drug-likeness (QED) is 0.428. The summed E-state index contributed by atoms with van der Waals surface area (Å²) < 4.78 is 33.5. The molecule has 79 valence electrons. The Hall–Kier alpha value is 0.610. The minimum Gasteiger partial charge on any atom is -0.264 e. The summed E-state index contributed by atoms with van der Waals surface area (Å²) in [6.07, 6.45) is 5.27. The molecule has 1 radical (unpaired) electrons. The van der Waals surface area contributed by atoms with Crippen molar-refractivity contribution in [1.29, 1.82) is 0 Å². The summed E-state index contributed by atoms with van der Waals surface area (Å²) in [4.78, 5) is 0. The molecule has 0 saturated carbocycles. The average molecular weight is 231 g/mol. The Morgan fingerprint density at radius 3 is 2.29 bits per heavy atom. The van der Waals surface area contributed by atoms with E-state index in [2.05, 4.69) is 4.18 Å². The zero-order valence-electron chi connectivity index (χ0n) is 8.93. The van der Waals surface area contributed by atoms with Gasteiger partial charge in [0.2, 0.25) is 0 Å². The van der Waals surface area contributed by atoms with E-state index >= 15 is 0 Å². The van der Waals surface area contributed by atoms with Gasteiger partial charge in [0.25, 0.3) is 0 Å². The summed E-state index contributed by atoms with van der Waals surface area (Å²) in [6, 6.07) is 0. The van der Waals surface area contributed by atoms with Crippen molar-refractivity contribution in [1.82, 2.24) is 0 Å². The van der Waals surface area contributed by atoms with Crippen molar-refractivity contribution in [3.8, 4) is 0 Å². The topological polar surface area (TPSA) is 63.6 Å². The van der Waals surface area contributed by atoms with Gasteiger partial charge in [-0.15, -0.1) is 0 Å². The van der Waals surface area contributed by atoms with Crippen molar-refractivity contribution in [2.24, 2.45) is 0 Å². The molecule has 1 unspecified atom stereocenters. The average Bonchev–Trinajstić information content (AvgIpc) is 2.01. The van der Waals surface area contributed by atoms with E-state index in [9.17, 15) is 8.42 Å². The fourth-order valence-corrected chi connectivity index (χ4v) is 1.42. The van der Waals surface area contributed by atoms with Gasteiger partial charge in [-0.1, -0.05) is 26.0 Å². The molecular weight excluding hydrogens is 215 g/mol. The number of hydrogen-bond acceptors (Lipinski definition) is 3. The summed E-state index contributed by atoms with van der Waals surface area (Å²) in [7, 11) is -4.31. The van der Waals surface area contributed by atoms with Gasteiger partial charge in [-0.05, 0) is 19.3 Å². The molecule has 0 aromatic rings. The van der Waals surface area contributed by atoms with Gasteiger partial charge < -0.3 is 0 Å². The standard InChI is InChI=1S/C8H16O4S.Na/c1-3-5-6-7-8(4-2)12-13(9,10)11;/h5-6,8H,3-4,7H2,1-2H3,(H,9,10,11);. The summed E-state index contributed by atoms with van der Waals surface area (Å²) in [5.74, 6) is 0. The molecule has 14 heavy (non-hydrogen) atoms. The van der Waals surface area contributed by atoms with Crippen LogP contribution in [0.4, 0.5) is 0 Å². The third-order valence-corrected chi connectivity index (χ3v) is 2.03. The minimum atomic E-state index is -4.31. The van der Waals surface area contributed by atoms with Crippen LogP contribution in [-0.2, 0) is 14.6 Å². The summed E-state index contributed by atoms with van der Waals surface area (Å²) >= 11 is 0. The van der Waals surface area contributed by atoms with Crippen molar-refractivity contribution in [2.75, 3.05) is 0 Å². The van der Waals surface area contributed by atoms with Crippen molar-refractivity contribution < 1.29 is 17.2 Å². The molecule has 6 heteroatoms. The zero-order valence-corrected chi connectivity index (χ0v) is 11.8. The molecular formula is C8H16NaO4S. The van der Waals surface area contributed by atoms with E-state index < -0.39 is 16.5 Å². The molecule has 0 spiro atoms. The van der Waals surface area contributed by atoms with Crippen LogP contribution in [0.15, 0.2) is 12.2 Å². The molecule has 0 saturated heterocycles. The normalized spacial score (nSPS) is 13.9. The van der Waals surface area contributed by atoms with Crippen LogP contribution >= 0.6 is 0 Å². The van der Waals surface area contributed by atoms with Crippen LogP contribution in [0.3, 0.4) is 0 Å². The van der Waals surface area contributed by atoms with Crippen LogP contribution in [0.1, 0.15) is 33.1 Å². The molecule has 0 aliphatic rings. The van der Waals surface area contributed by atoms with Gasteiger partial charge in [0.05, 0.1) is 6.10 Å². The van der Waals surface area contributed by atoms with Crippen LogP contribution in [0, 0.1) is 0 Å². The first-order valence-electron chi connectivity index (χ1n) is 4.30. The molecule has 0 aliphatic heterocycles. The summed E-state index contributed by atoms with van der Waals surface area (Å²) in [5.41, 5.74) is 0. The molecule has 1 atom stereocenters. The monoisotopic (exact) mass is 231 g/mol. The van der Waals surface area contributed by atoms with Crippen molar-refractivity contribution in [3.05, 3.63) is 12.2 Å². The second kappa shape index (κ2) is 8.88. The maximum absolute atomic E-state index is 10.3. The number of allylic oxidation sites excluding steroid dienone is 1. The van der Waals surface area contributed by atoms with Crippen LogP contribution in [0.2, 0.25) is 0 Å². The van der Waals surface area contributed by atoms with Gasteiger partial charge in [-0.2, -0.15) is 8.42 Å². The largest absolute Gasteiger partial charge is 0.397 e. The SMILES string of the molecule is CCC=CCC(CC)OS(=O)(=O)O.[Na]. The van der Waals surface area contributed by atoms with Crippen LogP contribution in [0.25, 0.3) is 0 Å². The van der Waals surface area contributed by atoms with Gasteiger partial charge in [0, 0.05) is 29.6 Å². The Kier molecular flexibility index (Phi) is 10.8. The van der Waals surface area contributed by atoms with E-state index in [4.69, 9.17) is 4.55 Å². The van der Waals surface area contributed by atoms with Crippen molar-refractivity contribution in [3.63, 3.8) is 0 Å². The smallest absolute Gasteiger partial charge is 0.264 e. The Morgan fingerprint density at radius 1 is 1.36 bits per heavy atom. The van der Waals surface area contributed by atoms with Crippen LogP contribution in [-0.4, -0.2) is 48.6 Å². The van der Waals surface area contributed by atoms with Gasteiger partial charge >= 0.3 is 10.4 Å². The third kappa shape index (κ3) is 10.7. The van der Waals surface area contributed by atoms with Crippen LogP contribution < -0.4 is 0 Å².